The van der Waals surface area contributed by atoms with Crippen LogP contribution in [0.4, 0.5) is 11.4 Å². The van der Waals surface area contributed by atoms with Crippen LogP contribution in [0.5, 0.6) is 0 Å². The van der Waals surface area contributed by atoms with Crippen LogP contribution in [0, 0.1) is 28.4 Å². The summed E-state index contributed by atoms with van der Waals surface area (Å²) in [6.45, 7) is 3.24. The summed E-state index contributed by atoms with van der Waals surface area (Å²) in [5, 5.41) is 18.4. The topological polar surface area (TPSA) is 113 Å². The van der Waals surface area contributed by atoms with Gasteiger partial charge in [0.2, 0.25) is 10.0 Å². The Morgan fingerprint density at radius 3 is 2.63 bits per heavy atom. The number of nitro groups is 1. The van der Waals surface area contributed by atoms with Gasteiger partial charge in [-0.1, -0.05) is 13.0 Å². The first-order valence-electron chi connectivity index (χ1n) is 5.48. The van der Waals surface area contributed by atoms with E-state index in [2.05, 4.69) is 4.72 Å². The van der Waals surface area contributed by atoms with Crippen LogP contribution in [0.15, 0.2) is 18.2 Å². The molecular weight excluding hydrogens is 270 g/mol. The number of nitriles is 1. The van der Waals surface area contributed by atoms with Crippen molar-refractivity contribution in [3.63, 3.8) is 0 Å². The molecule has 1 N–H and O–H groups in total. The van der Waals surface area contributed by atoms with E-state index in [1.54, 1.807) is 19.9 Å². The number of anilines is 1. The number of hydrogen-bond donors (Lipinski definition) is 1. The van der Waals surface area contributed by atoms with Gasteiger partial charge in [0.05, 0.1) is 11.0 Å². The Hall–Kier alpha value is -2.14. The minimum absolute atomic E-state index is 0.103. The fourth-order valence-corrected chi connectivity index (χ4v) is 2.69. The molecule has 0 aliphatic carbocycles. The summed E-state index contributed by atoms with van der Waals surface area (Å²) < 4.78 is 25.9. The minimum atomic E-state index is -3.96. The lowest BCUT2D eigenvalue weighted by Crippen LogP contribution is -2.26. The largest absolute Gasteiger partial charge is 0.293 e. The summed E-state index contributed by atoms with van der Waals surface area (Å²) in [6.07, 6.45) is 0.103. The molecule has 0 aliphatic rings. The maximum Gasteiger partial charge on any atom is 0.293 e. The van der Waals surface area contributed by atoms with Crippen molar-refractivity contribution in [2.45, 2.75) is 25.5 Å². The molecule has 0 spiro atoms. The molecule has 0 aromatic heterocycles. The van der Waals surface area contributed by atoms with E-state index in [4.69, 9.17) is 5.26 Å². The third-order valence-corrected chi connectivity index (χ3v) is 4.18. The summed E-state index contributed by atoms with van der Waals surface area (Å²) in [7, 11) is -3.96. The summed E-state index contributed by atoms with van der Waals surface area (Å²) in [6, 6.07) is 5.75. The van der Waals surface area contributed by atoms with Gasteiger partial charge in [0.25, 0.3) is 5.69 Å². The predicted molar refractivity (Wildman–Crippen MR) is 70.1 cm³/mol. The van der Waals surface area contributed by atoms with Gasteiger partial charge in [0, 0.05) is 6.07 Å². The minimum Gasteiger partial charge on any atom is -0.276 e. The highest BCUT2D eigenvalue weighted by atomic mass is 32.2. The highest BCUT2D eigenvalue weighted by molar-refractivity contribution is 7.93. The molecule has 1 aromatic rings. The van der Waals surface area contributed by atoms with Crippen LogP contribution in [0.2, 0.25) is 0 Å². The molecule has 19 heavy (non-hydrogen) atoms. The van der Waals surface area contributed by atoms with Crippen LogP contribution < -0.4 is 4.72 Å². The average Bonchev–Trinajstić information content (AvgIpc) is 2.28. The maximum absolute atomic E-state index is 11.9. The van der Waals surface area contributed by atoms with E-state index < -0.39 is 20.2 Å². The zero-order valence-electron chi connectivity index (χ0n) is 10.5. The van der Waals surface area contributed by atoms with Crippen LogP contribution in [-0.2, 0) is 10.0 Å². The van der Waals surface area contributed by atoms with Crippen LogP contribution >= 0.6 is 0 Å². The second-order valence-corrected chi connectivity index (χ2v) is 5.81. The SMILES string of the molecule is CCC(C#N)S(=O)(=O)Nc1cc(C)ccc1[N+](=O)[O-]. The van der Waals surface area contributed by atoms with E-state index >= 15 is 0 Å². The van der Waals surface area contributed by atoms with Crippen molar-refractivity contribution in [3.05, 3.63) is 33.9 Å². The van der Waals surface area contributed by atoms with E-state index in [9.17, 15) is 18.5 Å². The summed E-state index contributed by atoms with van der Waals surface area (Å²) in [5.41, 5.74) is 0.203. The zero-order valence-corrected chi connectivity index (χ0v) is 11.3. The number of hydrogen-bond acceptors (Lipinski definition) is 5. The molecule has 0 aliphatic heterocycles. The molecule has 1 unspecified atom stereocenters. The van der Waals surface area contributed by atoms with Crippen molar-refractivity contribution in [2.75, 3.05) is 4.72 Å². The van der Waals surface area contributed by atoms with Gasteiger partial charge in [-0.25, -0.2) is 8.42 Å². The quantitative estimate of drug-likeness (QED) is 0.655. The summed E-state index contributed by atoms with van der Waals surface area (Å²) >= 11 is 0. The molecule has 1 aromatic carbocycles. The average molecular weight is 283 g/mol. The molecule has 0 saturated heterocycles. The lowest BCUT2D eigenvalue weighted by atomic mass is 10.2. The van der Waals surface area contributed by atoms with Crippen LogP contribution in [0.1, 0.15) is 18.9 Å². The highest BCUT2D eigenvalue weighted by Gasteiger charge is 2.26. The molecule has 1 rings (SSSR count). The Kier molecular flexibility index (Phi) is 4.45. The lowest BCUT2D eigenvalue weighted by Gasteiger charge is -2.11. The number of aryl methyl sites for hydroxylation is 1. The standard InChI is InChI=1S/C11H13N3O4S/c1-3-9(7-12)19(17,18)13-10-6-8(2)4-5-11(10)14(15)16/h4-6,9,13H,3H2,1-2H3. The van der Waals surface area contributed by atoms with E-state index in [-0.39, 0.29) is 17.8 Å². The second-order valence-electron chi connectivity index (χ2n) is 3.95. The van der Waals surface area contributed by atoms with Gasteiger partial charge in [-0.2, -0.15) is 5.26 Å². The van der Waals surface area contributed by atoms with Crippen LogP contribution in [0.3, 0.4) is 0 Å². The molecule has 1 atom stereocenters. The van der Waals surface area contributed by atoms with Crippen molar-refractivity contribution >= 4 is 21.4 Å². The van der Waals surface area contributed by atoms with Gasteiger partial charge in [0.1, 0.15) is 5.69 Å². The van der Waals surface area contributed by atoms with Crippen molar-refractivity contribution in [1.29, 1.82) is 5.26 Å². The van der Waals surface area contributed by atoms with Crippen LogP contribution in [-0.4, -0.2) is 18.6 Å². The van der Waals surface area contributed by atoms with E-state index in [1.807, 2.05) is 0 Å². The number of rotatable bonds is 5. The van der Waals surface area contributed by atoms with Crippen molar-refractivity contribution in [2.24, 2.45) is 0 Å². The Morgan fingerprint density at radius 1 is 1.53 bits per heavy atom. The Balaban J connectivity index is 3.23. The van der Waals surface area contributed by atoms with E-state index in [1.165, 1.54) is 18.2 Å². The third-order valence-electron chi connectivity index (χ3n) is 2.49. The normalized spacial score (nSPS) is 12.5. The molecule has 7 nitrogen and oxygen atoms in total. The van der Waals surface area contributed by atoms with Crippen LogP contribution in [0.25, 0.3) is 0 Å². The molecule has 0 fully saturated rings. The highest BCUT2D eigenvalue weighted by Crippen LogP contribution is 2.27. The van der Waals surface area contributed by atoms with Crippen molar-refractivity contribution in [1.82, 2.24) is 0 Å². The van der Waals surface area contributed by atoms with Crippen molar-refractivity contribution < 1.29 is 13.3 Å². The first-order valence-corrected chi connectivity index (χ1v) is 7.02. The van der Waals surface area contributed by atoms with Gasteiger partial charge in [0.15, 0.2) is 5.25 Å². The zero-order chi connectivity index (χ0) is 14.6. The molecule has 0 saturated carbocycles. The second kappa shape index (κ2) is 5.67. The smallest absolute Gasteiger partial charge is 0.276 e. The molecule has 0 radical (unpaired) electrons. The van der Waals surface area contributed by atoms with Gasteiger partial charge in [-0.05, 0) is 25.0 Å². The molecule has 0 heterocycles. The Morgan fingerprint density at radius 2 is 2.16 bits per heavy atom. The summed E-state index contributed by atoms with van der Waals surface area (Å²) in [4.78, 5) is 10.2. The van der Waals surface area contributed by atoms with Crippen molar-refractivity contribution in [3.8, 4) is 6.07 Å². The molecule has 102 valence electrons. The predicted octanol–water partition coefficient (Wildman–Crippen LogP) is 1.95. The Labute approximate surface area is 111 Å². The number of sulfonamides is 1. The first-order chi connectivity index (χ1) is 8.81. The lowest BCUT2D eigenvalue weighted by molar-refractivity contribution is -0.383. The number of nitrogens with one attached hydrogen (secondary N) is 1. The number of nitro benzene ring substituents is 1. The third kappa shape index (κ3) is 3.42. The van der Waals surface area contributed by atoms with Gasteiger partial charge >= 0.3 is 0 Å². The molecule has 8 heteroatoms. The number of nitrogens with zero attached hydrogens (tertiary/aromatic N) is 2. The molecule has 0 amide bonds. The fourth-order valence-electron chi connectivity index (χ4n) is 1.50. The number of benzene rings is 1. The van der Waals surface area contributed by atoms with Gasteiger partial charge in [-0.3, -0.25) is 14.8 Å². The molecule has 0 bridgehead atoms. The summed E-state index contributed by atoms with van der Waals surface area (Å²) in [5.74, 6) is 0. The van der Waals surface area contributed by atoms with Gasteiger partial charge < -0.3 is 0 Å². The van der Waals surface area contributed by atoms with Gasteiger partial charge in [-0.15, -0.1) is 0 Å². The molecular formula is C11H13N3O4S. The van der Waals surface area contributed by atoms with E-state index in [0.29, 0.717) is 5.56 Å². The maximum atomic E-state index is 11.9. The van der Waals surface area contributed by atoms with E-state index in [0.717, 1.165) is 0 Å². The monoisotopic (exact) mass is 283 g/mol. The first kappa shape index (κ1) is 14.9. The Bertz CT molecular complexity index is 634. The fraction of sp³-hybridized carbons (Fsp3) is 0.364.